The molecular weight excluding hydrogens is 270 g/mol. The number of nitrogens with two attached hydrogens (primary N) is 1. The van der Waals surface area contributed by atoms with E-state index < -0.39 is 0 Å². The predicted molar refractivity (Wildman–Crippen MR) is 85.9 cm³/mol. The van der Waals surface area contributed by atoms with Gasteiger partial charge in [-0.1, -0.05) is 38.2 Å². The molecule has 0 aliphatic heterocycles. The summed E-state index contributed by atoms with van der Waals surface area (Å²) in [5.74, 6) is 0. The van der Waals surface area contributed by atoms with Crippen LogP contribution >= 0.6 is 12.2 Å². The average Bonchev–Trinajstić information content (AvgIpc) is 2.39. The van der Waals surface area contributed by atoms with Gasteiger partial charge in [-0.15, -0.1) is 0 Å². The van der Waals surface area contributed by atoms with E-state index in [2.05, 4.69) is 4.98 Å². The van der Waals surface area contributed by atoms with Crippen molar-refractivity contribution in [2.45, 2.75) is 33.7 Å². The Morgan fingerprint density at radius 2 is 2.05 bits per heavy atom. The maximum atomic E-state index is 12.3. The van der Waals surface area contributed by atoms with Crippen LogP contribution in [0.1, 0.15) is 26.0 Å². The molecule has 0 radical (unpaired) electrons. The van der Waals surface area contributed by atoms with Gasteiger partial charge in [0.25, 0.3) is 5.56 Å². The third-order valence-electron chi connectivity index (χ3n) is 3.64. The Morgan fingerprint density at radius 1 is 1.40 bits per heavy atom. The molecule has 0 saturated carbocycles. The summed E-state index contributed by atoms with van der Waals surface area (Å²) < 4.78 is 1.76. The van der Waals surface area contributed by atoms with Crippen LogP contribution in [0.5, 0.6) is 0 Å². The number of rotatable bonds is 4. The number of benzene rings is 1. The minimum atomic E-state index is -0.271. The third kappa shape index (κ3) is 2.72. The molecular formula is C15H19N3OS. The van der Waals surface area contributed by atoms with Gasteiger partial charge in [0.05, 0.1) is 16.0 Å². The molecule has 0 bridgehead atoms. The molecule has 2 aromatic rings. The lowest BCUT2D eigenvalue weighted by Gasteiger charge is -2.23. The minimum Gasteiger partial charge on any atom is -0.393 e. The number of hydrogen-bond acceptors (Lipinski definition) is 3. The molecule has 2 N–H and O–H groups in total. The van der Waals surface area contributed by atoms with Crippen molar-refractivity contribution in [2.24, 2.45) is 11.1 Å². The van der Waals surface area contributed by atoms with Crippen molar-refractivity contribution < 1.29 is 0 Å². The van der Waals surface area contributed by atoms with Crippen LogP contribution in [0, 0.1) is 12.3 Å². The molecule has 1 aromatic carbocycles. The van der Waals surface area contributed by atoms with E-state index in [4.69, 9.17) is 18.0 Å². The molecule has 0 fully saturated rings. The highest BCUT2D eigenvalue weighted by Gasteiger charge is 2.22. The zero-order valence-electron chi connectivity index (χ0n) is 12.0. The first-order chi connectivity index (χ1) is 9.33. The van der Waals surface area contributed by atoms with E-state index in [0.29, 0.717) is 17.2 Å². The molecule has 0 amide bonds. The van der Waals surface area contributed by atoms with Crippen LogP contribution in [0.4, 0.5) is 0 Å². The molecule has 4 nitrogen and oxygen atoms in total. The predicted octanol–water partition coefficient (Wildman–Crippen LogP) is 2.41. The molecule has 0 aliphatic rings. The molecule has 0 aliphatic carbocycles. The first-order valence-corrected chi connectivity index (χ1v) is 7.00. The van der Waals surface area contributed by atoms with E-state index in [-0.39, 0.29) is 11.0 Å². The van der Waals surface area contributed by atoms with Crippen molar-refractivity contribution in [1.29, 1.82) is 0 Å². The molecule has 5 heteroatoms. The van der Waals surface area contributed by atoms with Gasteiger partial charge < -0.3 is 10.3 Å². The van der Waals surface area contributed by atoms with Gasteiger partial charge in [-0.25, -0.2) is 4.98 Å². The van der Waals surface area contributed by atoms with Crippen molar-refractivity contribution >= 4 is 28.2 Å². The second kappa shape index (κ2) is 5.32. The number of para-hydroxylation sites is 2. The lowest BCUT2D eigenvalue weighted by atomic mass is 9.89. The van der Waals surface area contributed by atoms with Crippen molar-refractivity contribution in [3.05, 3.63) is 40.3 Å². The first-order valence-electron chi connectivity index (χ1n) is 6.59. The van der Waals surface area contributed by atoms with Crippen LogP contribution in [0.15, 0.2) is 29.1 Å². The number of nitrogens with zero attached hydrogens (tertiary/aromatic N) is 2. The summed E-state index contributed by atoms with van der Waals surface area (Å²) in [4.78, 5) is 17.1. The van der Waals surface area contributed by atoms with Crippen LogP contribution in [0.3, 0.4) is 0 Å². The Bertz CT molecular complexity index is 719. The van der Waals surface area contributed by atoms with Gasteiger partial charge in [-0.05, 0) is 25.5 Å². The quantitative estimate of drug-likeness (QED) is 0.878. The van der Waals surface area contributed by atoms with Crippen LogP contribution in [0.25, 0.3) is 11.0 Å². The van der Waals surface area contributed by atoms with Crippen molar-refractivity contribution in [2.75, 3.05) is 0 Å². The molecule has 106 valence electrons. The molecule has 0 unspecified atom stereocenters. The number of fused-ring (bicyclic) bond motifs is 1. The van der Waals surface area contributed by atoms with Gasteiger partial charge in [0, 0.05) is 12.0 Å². The Balaban J connectivity index is 2.46. The zero-order chi connectivity index (χ0) is 14.9. The van der Waals surface area contributed by atoms with Crippen LogP contribution in [-0.4, -0.2) is 14.5 Å². The van der Waals surface area contributed by atoms with E-state index in [9.17, 15) is 4.79 Å². The Kier molecular flexibility index (Phi) is 3.90. The number of thiocarbonyl (C=S) groups is 1. The lowest BCUT2D eigenvalue weighted by molar-refractivity contribution is 0.434. The van der Waals surface area contributed by atoms with Crippen LogP contribution in [-0.2, 0) is 6.54 Å². The average molecular weight is 289 g/mol. The van der Waals surface area contributed by atoms with Gasteiger partial charge >= 0.3 is 0 Å². The molecule has 20 heavy (non-hydrogen) atoms. The highest BCUT2D eigenvalue weighted by atomic mass is 32.1. The standard InChI is InChI=1S/C15H19N3OS/c1-10-13(19)18(9-8-15(2,3)14(16)20)12-7-5-4-6-11(12)17-10/h4-7H,8-9H2,1-3H3,(H2,16,20). The summed E-state index contributed by atoms with van der Waals surface area (Å²) in [5.41, 5.74) is 7.61. The van der Waals surface area contributed by atoms with Crippen molar-refractivity contribution in [3.8, 4) is 0 Å². The monoisotopic (exact) mass is 289 g/mol. The summed E-state index contributed by atoms with van der Waals surface area (Å²) in [7, 11) is 0. The number of hydrogen-bond donors (Lipinski definition) is 1. The number of aryl methyl sites for hydroxylation is 2. The smallest absolute Gasteiger partial charge is 0.272 e. The fourth-order valence-electron chi connectivity index (χ4n) is 2.06. The Hall–Kier alpha value is -1.75. The normalized spacial score (nSPS) is 11.8. The molecule has 0 atom stereocenters. The Labute approximate surface area is 123 Å². The molecule has 0 spiro atoms. The summed E-state index contributed by atoms with van der Waals surface area (Å²) in [6.07, 6.45) is 0.718. The maximum Gasteiger partial charge on any atom is 0.272 e. The van der Waals surface area contributed by atoms with Gasteiger partial charge in [0.2, 0.25) is 0 Å². The van der Waals surface area contributed by atoms with E-state index in [0.717, 1.165) is 17.5 Å². The van der Waals surface area contributed by atoms with Gasteiger partial charge in [0.1, 0.15) is 5.69 Å². The highest BCUT2D eigenvalue weighted by molar-refractivity contribution is 7.80. The highest BCUT2D eigenvalue weighted by Crippen LogP contribution is 2.22. The molecule has 2 rings (SSSR count). The third-order valence-corrected chi connectivity index (χ3v) is 4.20. The molecule has 0 saturated heterocycles. The van der Waals surface area contributed by atoms with E-state index in [1.165, 1.54) is 0 Å². The molecule has 1 heterocycles. The van der Waals surface area contributed by atoms with E-state index in [1.54, 1.807) is 11.5 Å². The summed E-state index contributed by atoms with van der Waals surface area (Å²) in [5, 5.41) is 0. The second-order valence-electron chi connectivity index (χ2n) is 5.64. The van der Waals surface area contributed by atoms with Gasteiger partial charge in [-0.2, -0.15) is 0 Å². The van der Waals surface area contributed by atoms with E-state index >= 15 is 0 Å². The first kappa shape index (κ1) is 14.7. The fourth-order valence-corrected chi connectivity index (χ4v) is 2.16. The molecule has 1 aromatic heterocycles. The van der Waals surface area contributed by atoms with Crippen molar-refractivity contribution in [3.63, 3.8) is 0 Å². The zero-order valence-corrected chi connectivity index (χ0v) is 12.8. The van der Waals surface area contributed by atoms with Gasteiger partial charge in [-0.3, -0.25) is 4.79 Å². The topological polar surface area (TPSA) is 60.9 Å². The summed E-state index contributed by atoms with van der Waals surface area (Å²) in [6.45, 7) is 6.31. The maximum absolute atomic E-state index is 12.3. The summed E-state index contributed by atoms with van der Waals surface area (Å²) >= 11 is 5.08. The van der Waals surface area contributed by atoms with Crippen LogP contribution < -0.4 is 11.3 Å². The Morgan fingerprint density at radius 3 is 2.70 bits per heavy atom. The number of aromatic nitrogens is 2. The largest absolute Gasteiger partial charge is 0.393 e. The minimum absolute atomic E-state index is 0.0533. The van der Waals surface area contributed by atoms with Gasteiger partial charge in [0.15, 0.2) is 0 Å². The van der Waals surface area contributed by atoms with E-state index in [1.807, 2.05) is 38.1 Å². The second-order valence-corrected chi connectivity index (χ2v) is 6.08. The van der Waals surface area contributed by atoms with Crippen LogP contribution in [0.2, 0.25) is 0 Å². The summed E-state index contributed by atoms with van der Waals surface area (Å²) in [6, 6.07) is 7.66. The lowest BCUT2D eigenvalue weighted by Crippen LogP contribution is -2.33. The van der Waals surface area contributed by atoms with Crippen molar-refractivity contribution in [1.82, 2.24) is 9.55 Å². The fraction of sp³-hybridized carbons (Fsp3) is 0.400. The SMILES string of the molecule is Cc1nc2ccccc2n(CCC(C)(C)C(N)=S)c1=O.